The molecule has 3 rings (SSSR count). The molecule has 1 nitrogen and oxygen atoms in total. The Labute approximate surface area is 95.4 Å². The van der Waals surface area contributed by atoms with Crippen molar-refractivity contribution in [3.05, 3.63) is 65.7 Å². The summed E-state index contributed by atoms with van der Waals surface area (Å²) in [5.74, 6) is 0. The zero-order chi connectivity index (χ0) is 11.0. The summed E-state index contributed by atoms with van der Waals surface area (Å²) in [4.78, 5) is 0. The van der Waals surface area contributed by atoms with Crippen LogP contribution in [0.15, 0.2) is 54.6 Å². The van der Waals surface area contributed by atoms with Crippen molar-refractivity contribution in [1.29, 1.82) is 0 Å². The fraction of sp³-hybridized carbons (Fsp3) is 0.0667. The van der Waals surface area contributed by atoms with Crippen LogP contribution in [0.5, 0.6) is 0 Å². The number of fused-ring (bicyclic) bond motifs is 1. The molecule has 0 bridgehead atoms. The minimum Gasteiger partial charge on any atom is -0.247 e. The molecule has 0 saturated heterocycles. The normalized spacial score (nSPS) is 13.6. The summed E-state index contributed by atoms with van der Waals surface area (Å²) >= 11 is 0. The minimum atomic E-state index is 1.08. The van der Waals surface area contributed by atoms with Gasteiger partial charge in [0.05, 0.1) is 11.4 Å². The molecule has 16 heavy (non-hydrogen) atoms. The average molecular weight is 206 g/mol. The fourth-order valence-electron chi connectivity index (χ4n) is 2.10. The number of benzene rings is 2. The molecule has 0 fully saturated rings. The van der Waals surface area contributed by atoms with E-state index in [1.807, 2.05) is 24.3 Å². The van der Waals surface area contributed by atoms with Gasteiger partial charge in [-0.05, 0) is 18.6 Å². The molecule has 2 aromatic rings. The van der Waals surface area contributed by atoms with Gasteiger partial charge in [0, 0.05) is 11.1 Å². The number of hydrogen-bond acceptors (Lipinski definition) is 0. The lowest BCUT2D eigenvalue weighted by Gasteiger charge is -2.02. The molecular weight excluding hydrogens is 194 g/mol. The predicted octanol–water partition coefficient (Wildman–Crippen LogP) is 3.82. The van der Waals surface area contributed by atoms with Gasteiger partial charge in [-0.25, -0.2) is 5.32 Å². The van der Waals surface area contributed by atoms with E-state index in [4.69, 9.17) is 0 Å². The van der Waals surface area contributed by atoms with Crippen molar-refractivity contribution in [3.8, 4) is 0 Å². The Morgan fingerprint density at radius 2 is 1.50 bits per heavy atom. The van der Waals surface area contributed by atoms with E-state index in [-0.39, 0.29) is 0 Å². The summed E-state index contributed by atoms with van der Waals surface area (Å²) in [6, 6.07) is 18.6. The van der Waals surface area contributed by atoms with E-state index < -0.39 is 0 Å². The first-order valence-corrected chi connectivity index (χ1v) is 5.44. The molecule has 0 atom stereocenters. The predicted molar refractivity (Wildman–Crippen MR) is 67.2 cm³/mol. The molecular formula is C15H12N. The minimum absolute atomic E-state index is 1.08. The van der Waals surface area contributed by atoms with E-state index in [0.717, 1.165) is 11.4 Å². The van der Waals surface area contributed by atoms with Gasteiger partial charge in [0.1, 0.15) is 0 Å². The van der Waals surface area contributed by atoms with Crippen molar-refractivity contribution < 1.29 is 0 Å². The maximum Gasteiger partial charge on any atom is 0.0745 e. The van der Waals surface area contributed by atoms with Crippen molar-refractivity contribution >= 4 is 17.0 Å². The highest BCUT2D eigenvalue weighted by atomic mass is 14.9. The summed E-state index contributed by atoms with van der Waals surface area (Å²) in [7, 11) is 0. The molecule has 77 valence electrons. The van der Waals surface area contributed by atoms with Crippen LogP contribution in [-0.4, -0.2) is 0 Å². The topological polar surface area (TPSA) is 14.1 Å². The Morgan fingerprint density at radius 3 is 2.25 bits per heavy atom. The SMILES string of the molecule is CC1=C(c2ccccc2)[N]c2ccccc21. The quantitative estimate of drug-likeness (QED) is 0.673. The maximum absolute atomic E-state index is 4.68. The van der Waals surface area contributed by atoms with E-state index in [2.05, 4.69) is 42.6 Å². The Hall–Kier alpha value is -2.02. The van der Waals surface area contributed by atoms with Crippen LogP contribution < -0.4 is 5.32 Å². The van der Waals surface area contributed by atoms with E-state index >= 15 is 0 Å². The van der Waals surface area contributed by atoms with Gasteiger partial charge in [-0.1, -0.05) is 48.5 Å². The van der Waals surface area contributed by atoms with Crippen molar-refractivity contribution in [2.45, 2.75) is 6.92 Å². The summed E-state index contributed by atoms with van der Waals surface area (Å²) in [5, 5.41) is 4.68. The van der Waals surface area contributed by atoms with Gasteiger partial charge in [-0.3, -0.25) is 0 Å². The third kappa shape index (κ3) is 1.33. The highest BCUT2D eigenvalue weighted by Gasteiger charge is 2.19. The van der Waals surface area contributed by atoms with Crippen LogP contribution in [0.1, 0.15) is 18.1 Å². The first-order valence-electron chi connectivity index (χ1n) is 5.44. The van der Waals surface area contributed by atoms with E-state index in [9.17, 15) is 0 Å². The summed E-state index contributed by atoms with van der Waals surface area (Å²) in [6.07, 6.45) is 0. The zero-order valence-corrected chi connectivity index (χ0v) is 9.14. The molecule has 0 aliphatic carbocycles. The second-order valence-electron chi connectivity index (χ2n) is 3.97. The standard InChI is InChI=1S/C15H12N/c1-11-13-9-5-6-10-14(13)16-15(11)12-7-3-2-4-8-12/h2-10H,1H3. The molecule has 0 saturated carbocycles. The number of rotatable bonds is 1. The summed E-state index contributed by atoms with van der Waals surface area (Å²) in [5.41, 5.74) is 5.89. The highest BCUT2D eigenvalue weighted by molar-refractivity contribution is 5.98. The first-order chi connectivity index (χ1) is 7.86. The second-order valence-corrected chi connectivity index (χ2v) is 3.97. The second kappa shape index (κ2) is 3.53. The van der Waals surface area contributed by atoms with Crippen LogP contribution in [0, 0.1) is 0 Å². The lowest BCUT2D eigenvalue weighted by molar-refractivity contribution is 1.23. The van der Waals surface area contributed by atoms with Crippen molar-refractivity contribution in [2.75, 3.05) is 0 Å². The lowest BCUT2D eigenvalue weighted by atomic mass is 10.0. The van der Waals surface area contributed by atoms with Crippen LogP contribution >= 0.6 is 0 Å². The number of para-hydroxylation sites is 1. The monoisotopic (exact) mass is 206 g/mol. The van der Waals surface area contributed by atoms with Crippen LogP contribution in [0.4, 0.5) is 5.69 Å². The van der Waals surface area contributed by atoms with Gasteiger partial charge in [-0.2, -0.15) is 0 Å². The molecule has 0 unspecified atom stereocenters. The zero-order valence-electron chi connectivity index (χ0n) is 9.14. The molecule has 0 N–H and O–H groups in total. The van der Waals surface area contributed by atoms with Crippen LogP contribution in [-0.2, 0) is 0 Å². The van der Waals surface area contributed by atoms with E-state index in [1.54, 1.807) is 0 Å². The van der Waals surface area contributed by atoms with Crippen molar-refractivity contribution in [1.82, 2.24) is 5.32 Å². The fourth-order valence-corrected chi connectivity index (χ4v) is 2.10. The smallest absolute Gasteiger partial charge is 0.0745 e. The Bertz CT molecular complexity index is 553. The number of allylic oxidation sites excluding steroid dienone is 1. The number of hydrogen-bond donors (Lipinski definition) is 0. The molecule has 1 aliphatic rings. The molecule has 1 radical (unpaired) electrons. The van der Waals surface area contributed by atoms with Crippen molar-refractivity contribution in [3.63, 3.8) is 0 Å². The molecule has 1 heteroatoms. The van der Waals surface area contributed by atoms with Gasteiger partial charge < -0.3 is 0 Å². The molecule has 2 aromatic carbocycles. The summed E-state index contributed by atoms with van der Waals surface area (Å²) < 4.78 is 0. The van der Waals surface area contributed by atoms with Crippen LogP contribution in [0.3, 0.4) is 0 Å². The van der Waals surface area contributed by atoms with E-state index in [1.165, 1.54) is 16.7 Å². The van der Waals surface area contributed by atoms with Crippen LogP contribution in [0.25, 0.3) is 11.3 Å². The number of nitrogens with zero attached hydrogens (tertiary/aromatic N) is 1. The molecule has 0 aromatic heterocycles. The largest absolute Gasteiger partial charge is 0.247 e. The molecule has 0 spiro atoms. The Kier molecular flexibility index (Phi) is 2.03. The van der Waals surface area contributed by atoms with Gasteiger partial charge in [0.15, 0.2) is 0 Å². The van der Waals surface area contributed by atoms with Gasteiger partial charge in [0.25, 0.3) is 0 Å². The maximum atomic E-state index is 4.68. The first kappa shape index (κ1) is 9.22. The van der Waals surface area contributed by atoms with E-state index in [0.29, 0.717) is 0 Å². The third-order valence-corrected chi connectivity index (χ3v) is 2.94. The van der Waals surface area contributed by atoms with Gasteiger partial charge >= 0.3 is 0 Å². The molecule has 1 heterocycles. The van der Waals surface area contributed by atoms with Gasteiger partial charge in [0.2, 0.25) is 0 Å². The van der Waals surface area contributed by atoms with Crippen LogP contribution in [0.2, 0.25) is 0 Å². The van der Waals surface area contributed by atoms with Crippen molar-refractivity contribution in [2.24, 2.45) is 0 Å². The third-order valence-electron chi connectivity index (χ3n) is 2.94. The highest BCUT2D eigenvalue weighted by Crippen LogP contribution is 2.38. The molecule has 0 amide bonds. The lowest BCUT2D eigenvalue weighted by Crippen LogP contribution is -1.92. The average Bonchev–Trinajstić information content (AvgIpc) is 2.69. The van der Waals surface area contributed by atoms with Gasteiger partial charge in [-0.15, -0.1) is 0 Å². The molecule has 1 aliphatic heterocycles. The summed E-state index contributed by atoms with van der Waals surface area (Å²) in [6.45, 7) is 2.14. The Morgan fingerprint density at radius 1 is 0.812 bits per heavy atom. The Balaban J connectivity index is 2.11.